The van der Waals surface area contributed by atoms with Crippen LogP contribution in [0.15, 0.2) is 52.1 Å². The van der Waals surface area contributed by atoms with E-state index in [1.54, 1.807) is 0 Å². The zero-order valence-electron chi connectivity index (χ0n) is 15.5. The van der Waals surface area contributed by atoms with Crippen molar-refractivity contribution in [3.8, 4) is 5.75 Å². The maximum Gasteiger partial charge on any atom is 0.277 e. The summed E-state index contributed by atoms with van der Waals surface area (Å²) < 4.78 is 11.2. The Bertz CT molecular complexity index is 940. The molecule has 0 saturated heterocycles. The normalized spacial score (nSPS) is 10.6. The molecule has 0 atom stereocenters. The predicted molar refractivity (Wildman–Crippen MR) is 105 cm³/mol. The third-order valence-electron chi connectivity index (χ3n) is 4.03. The van der Waals surface area contributed by atoms with Gasteiger partial charge in [-0.15, -0.1) is 10.2 Å². The Labute approximate surface area is 162 Å². The number of anilines is 1. The highest BCUT2D eigenvalue weighted by atomic mass is 32.2. The van der Waals surface area contributed by atoms with E-state index in [-0.39, 0.29) is 18.3 Å². The maximum absolute atomic E-state index is 12.1. The van der Waals surface area contributed by atoms with Crippen molar-refractivity contribution in [1.29, 1.82) is 0 Å². The molecule has 0 radical (unpaired) electrons. The van der Waals surface area contributed by atoms with Gasteiger partial charge in [-0.05, 0) is 55.7 Å². The number of carbonyl (C=O) groups is 1. The van der Waals surface area contributed by atoms with Gasteiger partial charge in [0.1, 0.15) is 5.75 Å². The van der Waals surface area contributed by atoms with Crippen LogP contribution in [0.1, 0.15) is 22.6 Å². The molecule has 1 aromatic heterocycles. The summed E-state index contributed by atoms with van der Waals surface area (Å²) in [4.78, 5) is 12.1. The van der Waals surface area contributed by atoms with Crippen LogP contribution >= 0.6 is 11.8 Å². The minimum Gasteiger partial charge on any atom is -0.484 e. The molecule has 0 saturated carbocycles. The lowest BCUT2D eigenvalue weighted by atomic mass is 10.1. The van der Waals surface area contributed by atoms with Gasteiger partial charge in [0.15, 0.2) is 6.61 Å². The Morgan fingerprint density at radius 3 is 2.67 bits per heavy atom. The van der Waals surface area contributed by atoms with Gasteiger partial charge in [0.05, 0.1) is 5.75 Å². The topological polar surface area (TPSA) is 77.2 Å². The SMILES string of the molecule is Cc1ccc(OCc2nnc(SCC(=O)Nc3ccccc3C)o2)cc1C. The van der Waals surface area contributed by atoms with Gasteiger partial charge in [-0.25, -0.2) is 0 Å². The third-order valence-corrected chi connectivity index (χ3v) is 4.85. The lowest BCUT2D eigenvalue weighted by Crippen LogP contribution is -2.14. The number of nitrogens with zero attached hydrogens (tertiary/aromatic N) is 2. The van der Waals surface area contributed by atoms with E-state index in [0.29, 0.717) is 11.1 Å². The smallest absolute Gasteiger partial charge is 0.277 e. The molecule has 1 amide bonds. The zero-order chi connectivity index (χ0) is 19.2. The van der Waals surface area contributed by atoms with E-state index in [9.17, 15) is 4.79 Å². The van der Waals surface area contributed by atoms with Crippen LogP contribution in [0.5, 0.6) is 5.75 Å². The number of rotatable bonds is 7. The van der Waals surface area contributed by atoms with Crippen LogP contribution in [0.25, 0.3) is 0 Å². The molecule has 2 aromatic carbocycles. The molecule has 27 heavy (non-hydrogen) atoms. The third kappa shape index (κ3) is 5.34. The van der Waals surface area contributed by atoms with Crippen molar-refractivity contribution in [1.82, 2.24) is 10.2 Å². The van der Waals surface area contributed by atoms with Crippen molar-refractivity contribution < 1.29 is 13.9 Å². The van der Waals surface area contributed by atoms with E-state index in [2.05, 4.69) is 22.4 Å². The molecule has 0 fully saturated rings. The average molecular weight is 383 g/mol. The molecule has 0 bridgehead atoms. The minimum absolute atomic E-state index is 0.125. The van der Waals surface area contributed by atoms with Gasteiger partial charge in [-0.3, -0.25) is 4.79 Å². The summed E-state index contributed by atoms with van der Waals surface area (Å²) in [5, 5.41) is 11.1. The van der Waals surface area contributed by atoms with Crippen molar-refractivity contribution in [2.24, 2.45) is 0 Å². The van der Waals surface area contributed by atoms with Crippen molar-refractivity contribution >= 4 is 23.4 Å². The monoisotopic (exact) mass is 383 g/mol. The van der Waals surface area contributed by atoms with Crippen molar-refractivity contribution in [2.75, 3.05) is 11.1 Å². The molecular formula is C20H21N3O3S. The van der Waals surface area contributed by atoms with Crippen LogP contribution in [0.2, 0.25) is 0 Å². The van der Waals surface area contributed by atoms with Crippen LogP contribution in [-0.2, 0) is 11.4 Å². The van der Waals surface area contributed by atoms with Gasteiger partial charge in [-0.2, -0.15) is 0 Å². The second kappa shape index (κ2) is 8.73. The first kappa shape index (κ1) is 19.0. The second-order valence-corrected chi connectivity index (χ2v) is 7.07. The second-order valence-electron chi connectivity index (χ2n) is 6.15. The molecule has 6 nitrogen and oxygen atoms in total. The lowest BCUT2D eigenvalue weighted by molar-refractivity contribution is -0.113. The Kier molecular flexibility index (Phi) is 6.13. The summed E-state index contributed by atoms with van der Waals surface area (Å²) in [5.41, 5.74) is 4.19. The van der Waals surface area contributed by atoms with E-state index in [1.807, 2.05) is 56.3 Å². The van der Waals surface area contributed by atoms with Crippen LogP contribution in [0.4, 0.5) is 5.69 Å². The van der Waals surface area contributed by atoms with Gasteiger partial charge in [-0.1, -0.05) is 36.0 Å². The predicted octanol–water partition coefficient (Wildman–Crippen LogP) is 4.30. The molecule has 0 aliphatic heterocycles. The molecule has 0 unspecified atom stereocenters. The summed E-state index contributed by atoms with van der Waals surface area (Å²) in [7, 11) is 0. The van der Waals surface area contributed by atoms with Crippen molar-refractivity contribution in [3.05, 3.63) is 65.0 Å². The number of hydrogen-bond acceptors (Lipinski definition) is 6. The standard InChI is InChI=1S/C20H21N3O3S/c1-13-8-9-16(10-15(13)3)25-11-19-22-23-20(26-19)27-12-18(24)21-17-7-5-4-6-14(17)2/h4-10H,11-12H2,1-3H3,(H,21,24). The maximum atomic E-state index is 12.1. The first-order valence-corrected chi connectivity index (χ1v) is 9.50. The fourth-order valence-corrected chi connectivity index (χ4v) is 2.91. The number of hydrogen-bond donors (Lipinski definition) is 1. The number of aromatic nitrogens is 2. The molecule has 7 heteroatoms. The summed E-state index contributed by atoms with van der Waals surface area (Å²) in [6, 6.07) is 13.5. The number of amides is 1. The molecule has 0 spiro atoms. The molecule has 1 heterocycles. The van der Waals surface area contributed by atoms with Gasteiger partial charge in [0, 0.05) is 5.69 Å². The van der Waals surface area contributed by atoms with Crippen LogP contribution in [0.3, 0.4) is 0 Å². The number of thioether (sulfide) groups is 1. The summed E-state index contributed by atoms with van der Waals surface area (Å²) >= 11 is 1.19. The minimum atomic E-state index is -0.125. The van der Waals surface area contributed by atoms with Crippen molar-refractivity contribution in [2.45, 2.75) is 32.6 Å². The number of ether oxygens (including phenoxy) is 1. The number of para-hydroxylation sites is 1. The van der Waals surface area contributed by atoms with Crippen molar-refractivity contribution in [3.63, 3.8) is 0 Å². The molecule has 0 aliphatic carbocycles. The summed E-state index contributed by atoms with van der Waals surface area (Å²) in [6.45, 7) is 6.22. The zero-order valence-corrected chi connectivity index (χ0v) is 16.3. The largest absolute Gasteiger partial charge is 0.484 e. The Balaban J connectivity index is 1.48. The number of carbonyl (C=O) groups excluding carboxylic acids is 1. The molecule has 140 valence electrons. The quantitative estimate of drug-likeness (QED) is 0.613. The molecule has 0 aliphatic rings. The molecule has 3 rings (SSSR count). The molecule has 1 N–H and O–H groups in total. The van der Waals surface area contributed by atoms with Crippen LogP contribution in [-0.4, -0.2) is 21.9 Å². The number of aryl methyl sites for hydroxylation is 3. The molecule has 3 aromatic rings. The van der Waals surface area contributed by atoms with E-state index < -0.39 is 0 Å². The van der Waals surface area contributed by atoms with Crippen LogP contribution < -0.4 is 10.1 Å². The highest BCUT2D eigenvalue weighted by Crippen LogP contribution is 2.20. The number of benzene rings is 2. The fourth-order valence-electron chi connectivity index (χ4n) is 2.33. The first-order valence-electron chi connectivity index (χ1n) is 8.52. The number of nitrogens with one attached hydrogen (secondary N) is 1. The summed E-state index contributed by atoms with van der Waals surface area (Å²) in [5.74, 6) is 1.19. The Morgan fingerprint density at radius 1 is 1.07 bits per heavy atom. The van der Waals surface area contributed by atoms with E-state index in [4.69, 9.17) is 9.15 Å². The van der Waals surface area contributed by atoms with Gasteiger partial charge in [0.2, 0.25) is 5.91 Å². The van der Waals surface area contributed by atoms with E-state index >= 15 is 0 Å². The Hall–Kier alpha value is -2.80. The van der Waals surface area contributed by atoms with Gasteiger partial charge < -0.3 is 14.5 Å². The Morgan fingerprint density at radius 2 is 1.89 bits per heavy atom. The highest BCUT2D eigenvalue weighted by molar-refractivity contribution is 7.99. The van der Waals surface area contributed by atoms with E-state index in [1.165, 1.54) is 17.3 Å². The fraction of sp³-hybridized carbons (Fsp3) is 0.250. The van der Waals surface area contributed by atoms with Gasteiger partial charge in [0.25, 0.3) is 11.1 Å². The summed E-state index contributed by atoms with van der Waals surface area (Å²) in [6.07, 6.45) is 0. The highest BCUT2D eigenvalue weighted by Gasteiger charge is 2.11. The molecular weight excluding hydrogens is 362 g/mol. The average Bonchev–Trinajstić information content (AvgIpc) is 3.11. The lowest BCUT2D eigenvalue weighted by Gasteiger charge is -2.06. The van der Waals surface area contributed by atoms with Gasteiger partial charge >= 0.3 is 0 Å². The first-order chi connectivity index (χ1) is 13.0. The van der Waals surface area contributed by atoms with Crippen LogP contribution in [0, 0.1) is 20.8 Å². The van der Waals surface area contributed by atoms with E-state index in [0.717, 1.165) is 22.6 Å².